The van der Waals surface area contributed by atoms with Gasteiger partial charge in [0.1, 0.15) is 0 Å². The number of hydrogen-bond donors (Lipinski definition) is 0. The number of rotatable bonds is 2. The van der Waals surface area contributed by atoms with Gasteiger partial charge in [0.25, 0.3) is 5.56 Å². The van der Waals surface area contributed by atoms with Crippen LogP contribution >= 0.6 is 22.6 Å². The summed E-state index contributed by atoms with van der Waals surface area (Å²) in [7, 11) is 0. The van der Waals surface area contributed by atoms with E-state index in [0.29, 0.717) is 6.54 Å². The molecule has 2 aromatic rings. The van der Waals surface area contributed by atoms with Crippen molar-refractivity contribution in [1.29, 1.82) is 0 Å². The molecular formula is C16H18INO. The van der Waals surface area contributed by atoms with E-state index in [0.717, 1.165) is 9.13 Å². The molecule has 0 unspecified atom stereocenters. The molecule has 3 heteroatoms. The Morgan fingerprint density at radius 2 is 1.68 bits per heavy atom. The molecule has 0 aliphatic heterocycles. The molecular weight excluding hydrogens is 349 g/mol. The Kier molecular flexibility index (Phi) is 4.13. The van der Waals surface area contributed by atoms with Gasteiger partial charge in [-0.1, -0.05) is 45.0 Å². The summed E-state index contributed by atoms with van der Waals surface area (Å²) in [6.45, 7) is 7.23. The molecule has 0 saturated heterocycles. The van der Waals surface area contributed by atoms with Crippen LogP contribution < -0.4 is 5.56 Å². The molecule has 19 heavy (non-hydrogen) atoms. The minimum atomic E-state index is 0.0420. The summed E-state index contributed by atoms with van der Waals surface area (Å²) in [5, 5.41) is 0. The summed E-state index contributed by atoms with van der Waals surface area (Å²) in [4.78, 5) is 11.8. The minimum absolute atomic E-state index is 0.0420. The van der Waals surface area contributed by atoms with Crippen LogP contribution in [-0.2, 0) is 12.0 Å². The fourth-order valence-electron chi connectivity index (χ4n) is 1.93. The normalized spacial score (nSPS) is 11.6. The zero-order chi connectivity index (χ0) is 14.0. The SMILES string of the molecule is CC(C)(C)c1ccc(Cn2cc(I)ccc2=O)cc1. The molecule has 1 heterocycles. The highest BCUT2D eigenvalue weighted by molar-refractivity contribution is 14.1. The second-order valence-corrected chi connectivity index (χ2v) is 7.01. The topological polar surface area (TPSA) is 22.0 Å². The first-order valence-corrected chi connectivity index (χ1v) is 7.39. The molecule has 0 aliphatic carbocycles. The second kappa shape index (κ2) is 5.49. The largest absolute Gasteiger partial charge is 0.310 e. The molecule has 1 aromatic carbocycles. The number of nitrogens with zero attached hydrogens (tertiary/aromatic N) is 1. The maximum Gasteiger partial charge on any atom is 0.250 e. The van der Waals surface area contributed by atoms with Gasteiger partial charge in [0, 0.05) is 15.8 Å². The summed E-state index contributed by atoms with van der Waals surface area (Å²) in [5.74, 6) is 0. The van der Waals surface area contributed by atoms with Gasteiger partial charge in [-0.05, 0) is 45.2 Å². The van der Waals surface area contributed by atoms with Crippen LogP contribution in [0.15, 0.2) is 47.4 Å². The van der Waals surface area contributed by atoms with E-state index in [-0.39, 0.29) is 11.0 Å². The lowest BCUT2D eigenvalue weighted by Crippen LogP contribution is -2.19. The lowest BCUT2D eigenvalue weighted by Gasteiger charge is -2.19. The van der Waals surface area contributed by atoms with Crippen molar-refractivity contribution in [1.82, 2.24) is 4.57 Å². The average Bonchev–Trinajstić information content (AvgIpc) is 2.33. The molecule has 0 spiro atoms. The van der Waals surface area contributed by atoms with Crippen molar-refractivity contribution < 1.29 is 0 Å². The van der Waals surface area contributed by atoms with Crippen molar-refractivity contribution in [2.24, 2.45) is 0 Å². The van der Waals surface area contributed by atoms with Crippen LogP contribution in [0.1, 0.15) is 31.9 Å². The third-order valence-electron chi connectivity index (χ3n) is 3.12. The van der Waals surface area contributed by atoms with Gasteiger partial charge in [-0.15, -0.1) is 0 Å². The van der Waals surface area contributed by atoms with Crippen LogP contribution in [0.25, 0.3) is 0 Å². The van der Waals surface area contributed by atoms with Crippen LogP contribution in [-0.4, -0.2) is 4.57 Å². The fraction of sp³-hybridized carbons (Fsp3) is 0.312. The molecule has 0 atom stereocenters. The molecule has 0 fully saturated rings. The lowest BCUT2D eigenvalue weighted by atomic mass is 9.87. The van der Waals surface area contributed by atoms with Crippen molar-refractivity contribution in [3.05, 3.63) is 67.6 Å². The maximum atomic E-state index is 11.8. The van der Waals surface area contributed by atoms with Gasteiger partial charge >= 0.3 is 0 Å². The molecule has 2 rings (SSSR count). The van der Waals surface area contributed by atoms with E-state index in [1.807, 2.05) is 12.3 Å². The second-order valence-electron chi connectivity index (χ2n) is 5.76. The van der Waals surface area contributed by atoms with Gasteiger partial charge in [-0.2, -0.15) is 0 Å². The Morgan fingerprint density at radius 1 is 1.05 bits per heavy atom. The van der Waals surface area contributed by atoms with Gasteiger partial charge in [-0.25, -0.2) is 0 Å². The molecule has 0 amide bonds. The third kappa shape index (κ3) is 3.69. The van der Waals surface area contributed by atoms with Gasteiger partial charge in [0.2, 0.25) is 0 Å². The molecule has 0 aliphatic rings. The van der Waals surface area contributed by atoms with Crippen molar-refractivity contribution >= 4 is 22.6 Å². The predicted molar refractivity (Wildman–Crippen MR) is 87.7 cm³/mol. The molecule has 0 saturated carbocycles. The van der Waals surface area contributed by atoms with Crippen molar-refractivity contribution in [3.8, 4) is 0 Å². The molecule has 0 bridgehead atoms. The number of hydrogen-bond acceptors (Lipinski definition) is 1. The van der Waals surface area contributed by atoms with Crippen LogP contribution in [0, 0.1) is 3.57 Å². The molecule has 0 radical (unpaired) electrons. The van der Waals surface area contributed by atoms with Gasteiger partial charge in [-0.3, -0.25) is 4.79 Å². The fourth-order valence-corrected chi connectivity index (χ4v) is 2.45. The van der Waals surface area contributed by atoms with E-state index >= 15 is 0 Å². The highest BCUT2D eigenvalue weighted by Gasteiger charge is 2.12. The Labute approximate surface area is 127 Å². The summed E-state index contributed by atoms with van der Waals surface area (Å²) < 4.78 is 2.82. The summed E-state index contributed by atoms with van der Waals surface area (Å²) in [5.41, 5.74) is 2.67. The van der Waals surface area contributed by atoms with E-state index in [9.17, 15) is 4.79 Å². The van der Waals surface area contributed by atoms with Crippen molar-refractivity contribution in [2.75, 3.05) is 0 Å². The summed E-state index contributed by atoms with van der Waals surface area (Å²) >= 11 is 2.22. The van der Waals surface area contributed by atoms with Gasteiger partial charge in [0.05, 0.1) is 6.54 Å². The van der Waals surface area contributed by atoms with E-state index < -0.39 is 0 Å². The van der Waals surface area contributed by atoms with Crippen molar-refractivity contribution in [2.45, 2.75) is 32.7 Å². The predicted octanol–water partition coefficient (Wildman–Crippen LogP) is 3.80. The highest BCUT2D eigenvalue weighted by Crippen LogP contribution is 2.22. The first kappa shape index (κ1) is 14.3. The standard InChI is InChI=1S/C16H18INO/c1-16(2,3)13-6-4-12(5-7-13)10-18-11-14(17)8-9-15(18)19/h4-9,11H,10H2,1-3H3. The molecule has 2 nitrogen and oxygen atoms in total. The Bertz CT molecular complexity index is 620. The number of halogens is 1. The smallest absolute Gasteiger partial charge is 0.250 e. The lowest BCUT2D eigenvalue weighted by molar-refractivity contribution is 0.589. The number of pyridine rings is 1. The average molecular weight is 367 g/mol. The highest BCUT2D eigenvalue weighted by atomic mass is 127. The molecule has 100 valence electrons. The number of aromatic nitrogens is 1. The first-order valence-electron chi connectivity index (χ1n) is 6.32. The maximum absolute atomic E-state index is 11.8. The van der Waals surface area contributed by atoms with Crippen LogP contribution in [0.2, 0.25) is 0 Å². The Balaban J connectivity index is 2.25. The summed E-state index contributed by atoms with van der Waals surface area (Å²) in [6, 6.07) is 12.0. The van der Waals surface area contributed by atoms with E-state index in [2.05, 4.69) is 67.6 Å². The van der Waals surface area contributed by atoms with Crippen LogP contribution in [0.5, 0.6) is 0 Å². The zero-order valence-corrected chi connectivity index (χ0v) is 13.6. The zero-order valence-electron chi connectivity index (χ0n) is 11.5. The van der Waals surface area contributed by atoms with Crippen molar-refractivity contribution in [3.63, 3.8) is 0 Å². The van der Waals surface area contributed by atoms with E-state index in [1.165, 1.54) is 5.56 Å². The van der Waals surface area contributed by atoms with E-state index in [1.54, 1.807) is 10.6 Å². The van der Waals surface area contributed by atoms with Gasteiger partial charge < -0.3 is 4.57 Å². The first-order chi connectivity index (χ1) is 8.86. The molecule has 0 N–H and O–H groups in total. The monoisotopic (exact) mass is 367 g/mol. The van der Waals surface area contributed by atoms with E-state index in [4.69, 9.17) is 0 Å². The summed E-state index contributed by atoms with van der Waals surface area (Å²) in [6.07, 6.45) is 1.89. The molecule has 1 aromatic heterocycles. The minimum Gasteiger partial charge on any atom is -0.310 e. The Morgan fingerprint density at radius 3 is 2.26 bits per heavy atom. The number of benzene rings is 1. The van der Waals surface area contributed by atoms with Crippen LogP contribution in [0.3, 0.4) is 0 Å². The van der Waals surface area contributed by atoms with Gasteiger partial charge in [0.15, 0.2) is 0 Å². The quantitative estimate of drug-likeness (QED) is 0.741. The van der Waals surface area contributed by atoms with Crippen LogP contribution in [0.4, 0.5) is 0 Å². The third-order valence-corrected chi connectivity index (χ3v) is 3.76. The Hall–Kier alpha value is -1.10.